The SMILES string of the molecule is CC(=O)N1CCN(C(=O)CCc2c(C)nc(C)[nH]c2=O)c2ccccc21. The second kappa shape index (κ2) is 7.11. The molecule has 2 amide bonds. The minimum Gasteiger partial charge on any atom is -0.311 e. The van der Waals surface area contributed by atoms with Gasteiger partial charge < -0.3 is 14.8 Å². The Labute approximate surface area is 151 Å². The number of anilines is 2. The Bertz CT molecular complexity index is 919. The van der Waals surface area contributed by atoms with E-state index in [0.29, 0.717) is 36.6 Å². The van der Waals surface area contributed by atoms with Crippen LogP contribution in [0.4, 0.5) is 11.4 Å². The zero-order chi connectivity index (χ0) is 18.8. The number of fused-ring (bicyclic) bond motifs is 1. The maximum Gasteiger partial charge on any atom is 0.254 e. The van der Waals surface area contributed by atoms with Gasteiger partial charge in [-0.2, -0.15) is 0 Å². The molecular formula is C19H22N4O3. The van der Waals surface area contributed by atoms with Crippen LogP contribution in [-0.4, -0.2) is 34.9 Å². The first-order valence-electron chi connectivity index (χ1n) is 8.62. The molecule has 0 bridgehead atoms. The standard InChI is InChI=1S/C19H22N4O3/c1-12-15(19(26)21-13(2)20-12)8-9-18(25)23-11-10-22(14(3)24)16-6-4-5-7-17(16)23/h4-7H,8-11H2,1-3H3,(H,20,21,26). The first-order valence-corrected chi connectivity index (χ1v) is 8.62. The fourth-order valence-corrected chi connectivity index (χ4v) is 3.36. The number of nitrogens with zero attached hydrogens (tertiary/aromatic N) is 3. The highest BCUT2D eigenvalue weighted by atomic mass is 16.2. The molecule has 1 N–H and O–H groups in total. The molecule has 1 aromatic heterocycles. The summed E-state index contributed by atoms with van der Waals surface area (Å²) in [7, 11) is 0. The first kappa shape index (κ1) is 17.8. The van der Waals surface area contributed by atoms with E-state index in [1.807, 2.05) is 24.3 Å². The molecule has 2 heterocycles. The van der Waals surface area contributed by atoms with Gasteiger partial charge in [-0.25, -0.2) is 4.98 Å². The molecule has 7 nitrogen and oxygen atoms in total. The molecule has 0 fully saturated rings. The Kier molecular flexibility index (Phi) is 4.88. The Balaban J connectivity index is 1.80. The summed E-state index contributed by atoms with van der Waals surface area (Å²) in [5.41, 5.74) is 2.47. The normalized spacial score (nSPS) is 13.5. The number of rotatable bonds is 3. The quantitative estimate of drug-likeness (QED) is 0.909. The largest absolute Gasteiger partial charge is 0.311 e. The third kappa shape index (κ3) is 3.37. The Morgan fingerprint density at radius 1 is 1.12 bits per heavy atom. The minimum absolute atomic E-state index is 0.0440. The zero-order valence-electron chi connectivity index (χ0n) is 15.2. The van der Waals surface area contributed by atoms with Crippen LogP contribution < -0.4 is 15.4 Å². The van der Waals surface area contributed by atoms with E-state index >= 15 is 0 Å². The van der Waals surface area contributed by atoms with Gasteiger partial charge in [0.05, 0.1) is 11.4 Å². The lowest BCUT2D eigenvalue weighted by molar-refractivity contribution is -0.119. The van der Waals surface area contributed by atoms with Gasteiger partial charge in [-0.3, -0.25) is 14.4 Å². The Morgan fingerprint density at radius 2 is 1.73 bits per heavy atom. The smallest absolute Gasteiger partial charge is 0.254 e. The molecule has 0 saturated carbocycles. The van der Waals surface area contributed by atoms with Crippen molar-refractivity contribution < 1.29 is 9.59 Å². The van der Waals surface area contributed by atoms with Gasteiger partial charge in [-0.1, -0.05) is 12.1 Å². The highest BCUT2D eigenvalue weighted by Crippen LogP contribution is 2.33. The van der Waals surface area contributed by atoms with Crippen LogP contribution in [0.2, 0.25) is 0 Å². The monoisotopic (exact) mass is 354 g/mol. The van der Waals surface area contributed by atoms with E-state index in [4.69, 9.17) is 0 Å². The van der Waals surface area contributed by atoms with Crippen molar-refractivity contribution in [3.05, 3.63) is 51.7 Å². The summed E-state index contributed by atoms with van der Waals surface area (Å²) in [5.74, 6) is 0.453. The van der Waals surface area contributed by atoms with Gasteiger partial charge in [0.1, 0.15) is 5.82 Å². The molecule has 3 rings (SSSR count). The predicted octanol–water partition coefficient (Wildman–Crippen LogP) is 1.72. The first-order chi connectivity index (χ1) is 12.4. The van der Waals surface area contributed by atoms with E-state index in [2.05, 4.69) is 9.97 Å². The van der Waals surface area contributed by atoms with Gasteiger partial charge in [-0.15, -0.1) is 0 Å². The van der Waals surface area contributed by atoms with Crippen LogP contribution in [0, 0.1) is 13.8 Å². The Morgan fingerprint density at radius 3 is 2.35 bits per heavy atom. The van der Waals surface area contributed by atoms with Crippen molar-refractivity contribution in [2.24, 2.45) is 0 Å². The highest BCUT2D eigenvalue weighted by Gasteiger charge is 2.28. The number of aromatic amines is 1. The molecule has 7 heteroatoms. The van der Waals surface area contributed by atoms with Crippen molar-refractivity contribution >= 4 is 23.2 Å². The van der Waals surface area contributed by atoms with E-state index in [9.17, 15) is 14.4 Å². The molecule has 1 aliphatic heterocycles. The maximum atomic E-state index is 12.8. The number of hydrogen-bond acceptors (Lipinski definition) is 4. The number of H-pyrrole nitrogens is 1. The number of para-hydroxylation sites is 2. The summed E-state index contributed by atoms with van der Waals surface area (Å²) >= 11 is 0. The third-order valence-corrected chi connectivity index (χ3v) is 4.62. The van der Waals surface area contributed by atoms with Gasteiger partial charge in [0.25, 0.3) is 5.56 Å². The predicted molar refractivity (Wildman–Crippen MR) is 99.5 cm³/mol. The highest BCUT2D eigenvalue weighted by molar-refractivity contribution is 6.03. The van der Waals surface area contributed by atoms with Crippen LogP contribution in [0.3, 0.4) is 0 Å². The average molecular weight is 354 g/mol. The number of aryl methyl sites for hydroxylation is 2. The summed E-state index contributed by atoms with van der Waals surface area (Å²) in [5, 5.41) is 0. The fraction of sp³-hybridized carbons (Fsp3) is 0.368. The van der Waals surface area contributed by atoms with Gasteiger partial charge >= 0.3 is 0 Å². The topological polar surface area (TPSA) is 86.4 Å². The van der Waals surface area contributed by atoms with Crippen LogP contribution in [0.5, 0.6) is 0 Å². The zero-order valence-corrected chi connectivity index (χ0v) is 15.2. The second-order valence-corrected chi connectivity index (χ2v) is 6.42. The minimum atomic E-state index is -0.190. The number of carbonyl (C=O) groups excluding carboxylic acids is 2. The van der Waals surface area contributed by atoms with Crippen LogP contribution in [0.15, 0.2) is 29.1 Å². The molecule has 26 heavy (non-hydrogen) atoms. The van der Waals surface area contributed by atoms with E-state index < -0.39 is 0 Å². The van der Waals surface area contributed by atoms with Gasteiger partial charge in [0.15, 0.2) is 0 Å². The summed E-state index contributed by atoms with van der Waals surface area (Å²) < 4.78 is 0. The third-order valence-electron chi connectivity index (χ3n) is 4.62. The number of nitrogens with one attached hydrogen (secondary N) is 1. The number of benzene rings is 1. The number of amides is 2. The van der Waals surface area contributed by atoms with E-state index in [1.54, 1.807) is 23.6 Å². The summed E-state index contributed by atoms with van der Waals surface area (Å²) in [6, 6.07) is 7.38. The van der Waals surface area contributed by atoms with Crippen LogP contribution in [-0.2, 0) is 16.0 Å². The molecule has 0 atom stereocenters. The molecular weight excluding hydrogens is 332 g/mol. The van der Waals surface area contributed by atoms with Gasteiger partial charge in [0, 0.05) is 37.7 Å². The molecule has 2 aromatic rings. The van der Waals surface area contributed by atoms with Crippen molar-refractivity contribution in [3.63, 3.8) is 0 Å². The molecule has 0 aliphatic carbocycles. The van der Waals surface area contributed by atoms with E-state index in [0.717, 1.165) is 11.4 Å². The summed E-state index contributed by atoms with van der Waals surface area (Å²) in [6.07, 6.45) is 0.547. The lowest BCUT2D eigenvalue weighted by atomic mass is 10.1. The van der Waals surface area contributed by atoms with Crippen molar-refractivity contribution in [2.75, 3.05) is 22.9 Å². The van der Waals surface area contributed by atoms with Crippen molar-refractivity contribution in [1.82, 2.24) is 9.97 Å². The van der Waals surface area contributed by atoms with Gasteiger partial charge in [0.2, 0.25) is 11.8 Å². The molecule has 136 valence electrons. The summed E-state index contributed by atoms with van der Waals surface area (Å²) in [4.78, 5) is 47.0. The molecule has 1 aromatic carbocycles. The van der Waals surface area contributed by atoms with Crippen molar-refractivity contribution in [3.8, 4) is 0 Å². The van der Waals surface area contributed by atoms with Gasteiger partial charge in [-0.05, 0) is 32.4 Å². The average Bonchev–Trinajstić information content (AvgIpc) is 2.59. The van der Waals surface area contributed by atoms with Crippen LogP contribution >= 0.6 is 0 Å². The number of carbonyl (C=O) groups is 2. The lowest BCUT2D eigenvalue weighted by Gasteiger charge is -2.36. The molecule has 0 radical (unpaired) electrons. The second-order valence-electron chi connectivity index (χ2n) is 6.42. The fourth-order valence-electron chi connectivity index (χ4n) is 3.36. The maximum absolute atomic E-state index is 12.8. The van der Waals surface area contributed by atoms with Crippen molar-refractivity contribution in [2.45, 2.75) is 33.6 Å². The lowest BCUT2D eigenvalue weighted by Crippen LogP contribution is -2.46. The number of hydrogen-bond donors (Lipinski definition) is 1. The summed E-state index contributed by atoms with van der Waals surface area (Å²) in [6.45, 7) is 5.94. The van der Waals surface area contributed by atoms with Crippen LogP contribution in [0.25, 0.3) is 0 Å². The molecule has 1 aliphatic rings. The molecule has 0 unspecified atom stereocenters. The molecule has 0 saturated heterocycles. The van der Waals surface area contributed by atoms with Crippen molar-refractivity contribution in [1.29, 1.82) is 0 Å². The van der Waals surface area contributed by atoms with E-state index in [-0.39, 0.29) is 23.8 Å². The Hall–Kier alpha value is -2.96. The van der Waals surface area contributed by atoms with E-state index in [1.165, 1.54) is 6.92 Å². The van der Waals surface area contributed by atoms with Crippen LogP contribution in [0.1, 0.15) is 30.4 Å². The number of aromatic nitrogens is 2. The molecule has 0 spiro atoms.